The summed E-state index contributed by atoms with van der Waals surface area (Å²) in [5, 5.41) is 49.1. The molecule has 9 heteroatoms. The van der Waals surface area contributed by atoms with Crippen molar-refractivity contribution in [2.75, 3.05) is 6.61 Å². The van der Waals surface area contributed by atoms with Gasteiger partial charge in [-0.1, -0.05) is 19.9 Å². The number of nitrogens with one attached hydrogen (secondary N) is 1. The summed E-state index contributed by atoms with van der Waals surface area (Å²) in [7, 11) is 0. The van der Waals surface area contributed by atoms with E-state index >= 15 is 0 Å². The maximum atomic E-state index is 12.5. The van der Waals surface area contributed by atoms with Crippen LogP contribution < -0.4 is 4.74 Å². The Hall–Kier alpha value is -2.01. The van der Waals surface area contributed by atoms with E-state index in [1.54, 1.807) is 0 Å². The van der Waals surface area contributed by atoms with Crippen molar-refractivity contribution in [3.05, 3.63) is 29.5 Å². The van der Waals surface area contributed by atoms with E-state index < -0.39 is 43.3 Å². The van der Waals surface area contributed by atoms with Crippen LogP contribution in [0.25, 0.3) is 10.9 Å². The van der Waals surface area contributed by atoms with Gasteiger partial charge in [0.15, 0.2) is 11.9 Å². The van der Waals surface area contributed by atoms with Gasteiger partial charge >= 0.3 is 5.97 Å². The Balaban J connectivity index is 1.91. The van der Waals surface area contributed by atoms with Crippen molar-refractivity contribution >= 4 is 16.9 Å². The summed E-state index contributed by atoms with van der Waals surface area (Å²) in [5.74, 6) is -3.04. The lowest BCUT2D eigenvalue weighted by atomic mass is 10.0. The predicted octanol–water partition coefficient (Wildman–Crippen LogP) is -0.434. The second-order valence-electron chi connectivity index (χ2n) is 7.47. The van der Waals surface area contributed by atoms with Crippen LogP contribution in [0.3, 0.4) is 0 Å². The molecule has 1 saturated heterocycles. The van der Waals surface area contributed by atoms with Crippen LogP contribution in [0.5, 0.6) is 5.75 Å². The van der Waals surface area contributed by atoms with Crippen molar-refractivity contribution in [2.24, 2.45) is 5.92 Å². The van der Waals surface area contributed by atoms with Crippen LogP contribution in [-0.4, -0.2) is 67.2 Å². The van der Waals surface area contributed by atoms with E-state index in [0.29, 0.717) is 16.8 Å². The molecular formula is C19H25NO8. The maximum Gasteiger partial charge on any atom is 0.343 e. The predicted molar refractivity (Wildman–Crippen MR) is 97.3 cm³/mol. The van der Waals surface area contributed by atoms with Gasteiger partial charge in [0.05, 0.1) is 18.9 Å². The average Bonchev–Trinajstić information content (AvgIpc) is 3.11. The zero-order valence-electron chi connectivity index (χ0n) is 15.6. The summed E-state index contributed by atoms with van der Waals surface area (Å²) in [5.41, 5.74) is 1.93. The van der Waals surface area contributed by atoms with Crippen LogP contribution >= 0.6 is 0 Å². The molecule has 0 aliphatic carbocycles. The van der Waals surface area contributed by atoms with E-state index in [-0.39, 0.29) is 11.4 Å². The van der Waals surface area contributed by atoms with Gasteiger partial charge in [-0.05, 0) is 30.0 Å². The highest BCUT2D eigenvalue weighted by Gasteiger charge is 2.56. The Morgan fingerprint density at radius 1 is 1.32 bits per heavy atom. The summed E-state index contributed by atoms with van der Waals surface area (Å²) in [6, 6.07) is 5.60. The third-order valence-corrected chi connectivity index (χ3v) is 4.78. The number of H-pyrrole nitrogens is 1. The van der Waals surface area contributed by atoms with Gasteiger partial charge in [-0.15, -0.1) is 0 Å². The molecule has 1 aliphatic heterocycles. The molecule has 28 heavy (non-hydrogen) atoms. The molecule has 9 nitrogen and oxygen atoms in total. The summed E-state index contributed by atoms with van der Waals surface area (Å²) in [4.78, 5) is 15.5. The number of carbonyl (C=O) groups is 1. The van der Waals surface area contributed by atoms with Crippen LogP contribution in [0.15, 0.2) is 18.2 Å². The van der Waals surface area contributed by atoms with Gasteiger partial charge in [-0.3, -0.25) is 0 Å². The van der Waals surface area contributed by atoms with E-state index in [4.69, 9.17) is 14.6 Å². The number of carbonyl (C=O) groups excluding carboxylic acids is 1. The lowest BCUT2D eigenvalue weighted by molar-refractivity contribution is -0.246. The van der Waals surface area contributed by atoms with E-state index in [0.717, 1.165) is 12.0 Å². The van der Waals surface area contributed by atoms with Crippen molar-refractivity contribution in [2.45, 2.75) is 51.0 Å². The van der Waals surface area contributed by atoms with Gasteiger partial charge in [0.1, 0.15) is 12.2 Å². The molecule has 0 bridgehead atoms. The Labute approximate surface area is 161 Å². The Morgan fingerprint density at radius 2 is 2.04 bits per heavy atom. The lowest BCUT2D eigenvalue weighted by Crippen LogP contribution is -2.46. The molecule has 0 saturated carbocycles. The number of aliphatic hydroxyl groups is 5. The highest BCUT2D eigenvalue weighted by Crippen LogP contribution is 2.34. The molecule has 1 aromatic heterocycles. The molecule has 6 N–H and O–H groups in total. The van der Waals surface area contributed by atoms with E-state index in [1.807, 2.05) is 18.2 Å². The monoisotopic (exact) mass is 395 g/mol. The minimum Gasteiger partial charge on any atom is -0.422 e. The molecule has 0 spiro atoms. The molecule has 4 atom stereocenters. The average molecular weight is 395 g/mol. The first-order valence-corrected chi connectivity index (χ1v) is 9.03. The number of aliphatic hydroxyl groups excluding tert-OH is 4. The summed E-state index contributed by atoms with van der Waals surface area (Å²) < 4.78 is 10.3. The third kappa shape index (κ3) is 3.64. The van der Waals surface area contributed by atoms with E-state index in [1.165, 1.54) is 0 Å². The second-order valence-corrected chi connectivity index (χ2v) is 7.47. The molecule has 4 unspecified atom stereocenters. The van der Waals surface area contributed by atoms with Crippen LogP contribution in [-0.2, 0) is 22.6 Å². The Bertz CT molecular complexity index is 863. The number of hydrogen-bond acceptors (Lipinski definition) is 8. The van der Waals surface area contributed by atoms with Crippen LogP contribution in [0.2, 0.25) is 0 Å². The Kier molecular flexibility index (Phi) is 5.76. The minimum absolute atomic E-state index is 0.0813. The van der Waals surface area contributed by atoms with E-state index in [2.05, 4.69) is 18.8 Å². The summed E-state index contributed by atoms with van der Waals surface area (Å²) in [6.45, 7) is 2.72. The normalized spacial score (nSPS) is 27.6. The highest BCUT2D eigenvalue weighted by molar-refractivity contribution is 5.91. The number of rotatable bonds is 6. The Morgan fingerprint density at radius 3 is 2.61 bits per heavy atom. The van der Waals surface area contributed by atoms with Crippen LogP contribution in [0, 0.1) is 5.92 Å². The van der Waals surface area contributed by atoms with Crippen LogP contribution in [0.4, 0.5) is 0 Å². The molecule has 0 amide bonds. The first-order chi connectivity index (χ1) is 13.2. The van der Waals surface area contributed by atoms with Gasteiger partial charge in [-0.25, -0.2) is 4.79 Å². The standard InChI is InChI=1S/C19H25NO8/c1-9(2)5-10-3-4-12-11(6-10)15(13(7-21)20-12)27-18(25)16-14(23)17(24)19(26,8-22)28-16/h3-4,6,9,14,16-17,20-24,26H,5,7-8H2,1-2H3. The smallest absolute Gasteiger partial charge is 0.343 e. The molecular weight excluding hydrogens is 370 g/mol. The van der Waals surface area contributed by atoms with Crippen molar-refractivity contribution in [1.29, 1.82) is 0 Å². The molecule has 1 aliphatic rings. The van der Waals surface area contributed by atoms with Gasteiger partial charge in [0, 0.05) is 10.9 Å². The number of esters is 1. The number of benzene rings is 1. The molecule has 2 heterocycles. The van der Waals surface area contributed by atoms with E-state index in [9.17, 15) is 25.2 Å². The quantitative estimate of drug-likeness (QED) is 0.360. The number of ether oxygens (including phenoxy) is 2. The molecule has 2 aromatic rings. The molecule has 154 valence electrons. The zero-order valence-corrected chi connectivity index (χ0v) is 15.6. The fraction of sp³-hybridized carbons (Fsp3) is 0.526. The molecule has 3 rings (SSSR count). The van der Waals surface area contributed by atoms with Crippen molar-refractivity contribution in [3.8, 4) is 5.75 Å². The van der Waals surface area contributed by atoms with Crippen LogP contribution in [0.1, 0.15) is 25.1 Å². The van der Waals surface area contributed by atoms with Crippen molar-refractivity contribution in [1.82, 2.24) is 4.98 Å². The topological polar surface area (TPSA) is 152 Å². The van der Waals surface area contributed by atoms with Crippen molar-refractivity contribution < 1.29 is 39.8 Å². The second kappa shape index (κ2) is 7.78. The van der Waals surface area contributed by atoms with Gasteiger partial charge < -0.3 is 40.0 Å². The highest BCUT2D eigenvalue weighted by atomic mass is 16.7. The fourth-order valence-electron chi connectivity index (χ4n) is 3.37. The molecule has 0 radical (unpaired) electrons. The van der Waals surface area contributed by atoms with Gasteiger partial charge in [0.2, 0.25) is 5.79 Å². The number of aromatic nitrogens is 1. The lowest BCUT2D eigenvalue weighted by Gasteiger charge is -2.22. The number of aromatic amines is 1. The number of fused-ring (bicyclic) bond motifs is 1. The molecule has 1 aromatic carbocycles. The SMILES string of the molecule is CC(C)Cc1ccc2[nH]c(CO)c(OC(=O)C3OC(O)(CO)C(O)C3O)c2c1. The fourth-order valence-corrected chi connectivity index (χ4v) is 3.37. The first kappa shape index (κ1) is 20.7. The third-order valence-electron chi connectivity index (χ3n) is 4.78. The van der Waals surface area contributed by atoms with Gasteiger partial charge in [0.25, 0.3) is 0 Å². The summed E-state index contributed by atoms with van der Waals surface area (Å²) in [6.07, 6.45) is -4.57. The summed E-state index contributed by atoms with van der Waals surface area (Å²) >= 11 is 0. The molecule has 1 fully saturated rings. The van der Waals surface area contributed by atoms with Gasteiger partial charge in [-0.2, -0.15) is 0 Å². The first-order valence-electron chi connectivity index (χ1n) is 9.03. The maximum absolute atomic E-state index is 12.5. The van der Waals surface area contributed by atoms with Crippen molar-refractivity contribution in [3.63, 3.8) is 0 Å². The zero-order chi connectivity index (χ0) is 20.6. The largest absolute Gasteiger partial charge is 0.422 e. The number of hydrogen-bond donors (Lipinski definition) is 6. The minimum atomic E-state index is -2.46.